The fraction of sp³-hybridized carbons (Fsp3) is 0.0952. The zero-order chi connectivity index (χ0) is 20.1. The number of aryl methyl sites for hydroxylation is 1. The van der Waals surface area contributed by atoms with Gasteiger partial charge in [-0.3, -0.25) is 9.52 Å². The Morgan fingerprint density at radius 3 is 2.32 bits per heavy atom. The molecule has 0 bridgehead atoms. The minimum absolute atomic E-state index is 0.107. The molecule has 1 amide bonds. The maximum Gasteiger partial charge on any atom is 0.261 e. The number of hydrogen-bond donors (Lipinski definition) is 2. The second kappa shape index (κ2) is 8.14. The molecule has 0 aliphatic carbocycles. The number of para-hydroxylation sites is 1. The quantitative estimate of drug-likeness (QED) is 0.658. The van der Waals surface area contributed by atoms with E-state index in [9.17, 15) is 13.2 Å². The van der Waals surface area contributed by atoms with Crippen LogP contribution in [0.1, 0.15) is 15.9 Å². The van der Waals surface area contributed by atoms with Crippen LogP contribution in [0.2, 0.25) is 0 Å². The molecule has 0 aliphatic heterocycles. The smallest absolute Gasteiger partial charge is 0.261 e. The van der Waals surface area contributed by atoms with Gasteiger partial charge in [-0.25, -0.2) is 8.42 Å². The maximum absolute atomic E-state index is 12.6. The second-order valence-corrected chi connectivity index (χ2v) is 7.81. The highest BCUT2D eigenvalue weighted by molar-refractivity contribution is 7.92. The van der Waals surface area contributed by atoms with Crippen LogP contribution in [-0.2, 0) is 10.0 Å². The molecule has 6 nitrogen and oxygen atoms in total. The number of carbonyl (C=O) groups excluding carboxylic acids is 1. The van der Waals surface area contributed by atoms with Gasteiger partial charge in [0.25, 0.3) is 15.9 Å². The van der Waals surface area contributed by atoms with Crippen LogP contribution in [0.4, 0.5) is 11.4 Å². The van der Waals surface area contributed by atoms with Crippen molar-refractivity contribution in [3.63, 3.8) is 0 Å². The normalized spacial score (nSPS) is 10.9. The van der Waals surface area contributed by atoms with Crippen molar-refractivity contribution in [3.05, 3.63) is 83.9 Å². The van der Waals surface area contributed by atoms with E-state index in [1.807, 2.05) is 19.1 Å². The van der Waals surface area contributed by atoms with Crippen molar-refractivity contribution < 1.29 is 17.9 Å². The summed E-state index contributed by atoms with van der Waals surface area (Å²) >= 11 is 0. The zero-order valence-electron chi connectivity index (χ0n) is 15.5. The summed E-state index contributed by atoms with van der Waals surface area (Å²) in [6, 6.07) is 19.9. The van der Waals surface area contributed by atoms with Gasteiger partial charge in [-0.15, -0.1) is 0 Å². The molecule has 0 atom stereocenters. The average Bonchev–Trinajstić information content (AvgIpc) is 2.70. The molecule has 0 radical (unpaired) electrons. The number of anilines is 2. The van der Waals surface area contributed by atoms with Crippen LogP contribution in [0.3, 0.4) is 0 Å². The molecule has 0 aliphatic rings. The van der Waals surface area contributed by atoms with Crippen molar-refractivity contribution in [2.75, 3.05) is 17.1 Å². The van der Waals surface area contributed by atoms with E-state index in [-0.39, 0.29) is 10.8 Å². The van der Waals surface area contributed by atoms with E-state index in [0.717, 1.165) is 5.56 Å². The molecular weight excluding hydrogens is 376 g/mol. The number of carbonyl (C=O) groups is 1. The van der Waals surface area contributed by atoms with E-state index in [0.29, 0.717) is 22.7 Å². The Labute approximate surface area is 164 Å². The highest BCUT2D eigenvalue weighted by Crippen LogP contribution is 2.21. The number of nitrogens with one attached hydrogen (secondary N) is 2. The third-order valence-electron chi connectivity index (χ3n) is 4.14. The van der Waals surface area contributed by atoms with E-state index < -0.39 is 10.0 Å². The minimum atomic E-state index is -3.72. The number of amides is 1. The fourth-order valence-corrected chi connectivity index (χ4v) is 3.71. The van der Waals surface area contributed by atoms with Crippen molar-refractivity contribution in [1.82, 2.24) is 0 Å². The molecule has 3 aromatic carbocycles. The molecule has 3 rings (SSSR count). The highest BCUT2D eigenvalue weighted by Gasteiger charge is 2.15. The van der Waals surface area contributed by atoms with Crippen LogP contribution in [0.5, 0.6) is 5.75 Å². The number of benzene rings is 3. The van der Waals surface area contributed by atoms with E-state index in [4.69, 9.17) is 4.74 Å². The van der Waals surface area contributed by atoms with Crippen LogP contribution in [0.25, 0.3) is 0 Å². The monoisotopic (exact) mass is 396 g/mol. The van der Waals surface area contributed by atoms with Crippen LogP contribution < -0.4 is 14.8 Å². The first-order valence-electron chi connectivity index (χ1n) is 8.53. The Kier molecular flexibility index (Phi) is 5.65. The number of sulfonamides is 1. The van der Waals surface area contributed by atoms with Gasteiger partial charge < -0.3 is 10.1 Å². The third kappa shape index (κ3) is 4.50. The number of rotatable bonds is 6. The first-order valence-corrected chi connectivity index (χ1v) is 10.0. The van der Waals surface area contributed by atoms with Crippen molar-refractivity contribution >= 4 is 27.3 Å². The Bertz CT molecular complexity index is 1090. The Morgan fingerprint density at radius 2 is 1.64 bits per heavy atom. The first kappa shape index (κ1) is 19.4. The lowest BCUT2D eigenvalue weighted by Crippen LogP contribution is -2.14. The SMILES string of the molecule is COc1cccc(C(=O)Nc2ccc(S(=O)(=O)Nc3ccccc3C)cc2)c1. The van der Waals surface area contributed by atoms with Crippen LogP contribution in [-0.4, -0.2) is 21.4 Å². The summed E-state index contributed by atoms with van der Waals surface area (Å²) in [6.45, 7) is 1.83. The van der Waals surface area contributed by atoms with Gasteiger partial charge in [0, 0.05) is 11.3 Å². The van der Waals surface area contributed by atoms with Gasteiger partial charge in [-0.05, 0) is 61.0 Å². The van der Waals surface area contributed by atoms with Crippen LogP contribution in [0.15, 0.2) is 77.7 Å². The zero-order valence-corrected chi connectivity index (χ0v) is 16.3. The molecule has 0 saturated carbocycles. The summed E-state index contributed by atoms with van der Waals surface area (Å²) in [5, 5.41) is 2.74. The summed E-state index contributed by atoms with van der Waals surface area (Å²) in [5.74, 6) is 0.268. The summed E-state index contributed by atoms with van der Waals surface area (Å²) in [7, 11) is -2.19. The van der Waals surface area contributed by atoms with E-state index >= 15 is 0 Å². The van der Waals surface area contributed by atoms with Crippen molar-refractivity contribution in [2.24, 2.45) is 0 Å². The van der Waals surface area contributed by atoms with E-state index in [1.165, 1.54) is 19.2 Å². The maximum atomic E-state index is 12.6. The van der Waals surface area contributed by atoms with Crippen LogP contribution >= 0.6 is 0 Å². The molecule has 0 aromatic heterocycles. The predicted octanol–water partition coefficient (Wildman–Crippen LogP) is 4.06. The van der Waals surface area contributed by atoms with Gasteiger partial charge in [0.2, 0.25) is 0 Å². The largest absolute Gasteiger partial charge is 0.497 e. The molecule has 0 heterocycles. The number of ether oxygens (including phenoxy) is 1. The molecular formula is C21H20N2O4S. The number of hydrogen-bond acceptors (Lipinski definition) is 4. The molecule has 144 valence electrons. The van der Waals surface area contributed by atoms with Gasteiger partial charge in [0.1, 0.15) is 5.75 Å². The summed E-state index contributed by atoms with van der Waals surface area (Å²) in [5.41, 5.74) is 2.28. The summed E-state index contributed by atoms with van der Waals surface area (Å²) in [6.07, 6.45) is 0. The molecule has 7 heteroatoms. The summed E-state index contributed by atoms with van der Waals surface area (Å²) in [4.78, 5) is 12.5. The van der Waals surface area contributed by atoms with E-state index in [2.05, 4.69) is 10.0 Å². The number of methoxy groups -OCH3 is 1. The van der Waals surface area contributed by atoms with Gasteiger partial charge in [0.15, 0.2) is 0 Å². The summed E-state index contributed by atoms with van der Waals surface area (Å²) < 4.78 is 32.8. The fourth-order valence-electron chi connectivity index (χ4n) is 2.58. The first-order chi connectivity index (χ1) is 13.4. The molecule has 28 heavy (non-hydrogen) atoms. The Morgan fingerprint density at radius 1 is 0.929 bits per heavy atom. The Balaban J connectivity index is 1.74. The minimum Gasteiger partial charge on any atom is -0.497 e. The molecule has 0 unspecified atom stereocenters. The highest BCUT2D eigenvalue weighted by atomic mass is 32.2. The lowest BCUT2D eigenvalue weighted by molar-refractivity contribution is 0.102. The Hall–Kier alpha value is -3.32. The second-order valence-electron chi connectivity index (χ2n) is 6.13. The standard InChI is InChI=1S/C21H20N2O4S/c1-15-6-3-4-9-20(15)23-28(25,26)19-12-10-17(11-13-19)22-21(24)16-7-5-8-18(14-16)27-2/h3-14,23H,1-2H3,(H,22,24). The van der Waals surface area contributed by atoms with Gasteiger partial charge in [-0.1, -0.05) is 24.3 Å². The molecule has 3 aromatic rings. The topological polar surface area (TPSA) is 84.5 Å². The van der Waals surface area contributed by atoms with Gasteiger partial charge in [0.05, 0.1) is 17.7 Å². The van der Waals surface area contributed by atoms with Crippen molar-refractivity contribution in [2.45, 2.75) is 11.8 Å². The van der Waals surface area contributed by atoms with Crippen LogP contribution in [0, 0.1) is 6.92 Å². The lowest BCUT2D eigenvalue weighted by Gasteiger charge is -2.11. The lowest BCUT2D eigenvalue weighted by atomic mass is 10.2. The predicted molar refractivity (Wildman–Crippen MR) is 109 cm³/mol. The van der Waals surface area contributed by atoms with Crippen molar-refractivity contribution in [3.8, 4) is 5.75 Å². The van der Waals surface area contributed by atoms with Gasteiger partial charge in [-0.2, -0.15) is 0 Å². The van der Waals surface area contributed by atoms with Gasteiger partial charge >= 0.3 is 0 Å². The molecule has 0 spiro atoms. The van der Waals surface area contributed by atoms with Crippen molar-refractivity contribution in [1.29, 1.82) is 0 Å². The molecule has 0 fully saturated rings. The third-order valence-corrected chi connectivity index (χ3v) is 5.53. The molecule has 0 saturated heterocycles. The average molecular weight is 396 g/mol. The van der Waals surface area contributed by atoms with E-state index in [1.54, 1.807) is 48.5 Å². The molecule has 2 N–H and O–H groups in total.